The minimum Gasteiger partial charge on any atom is -0.459 e. The smallest absolute Gasteiger partial charge is 0.259 e. The van der Waals surface area contributed by atoms with Gasteiger partial charge in [0.1, 0.15) is 22.0 Å². The second-order valence-electron chi connectivity index (χ2n) is 7.34. The van der Waals surface area contributed by atoms with Gasteiger partial charge in [0.05, 0.1) is 22.4 Å². The van der Waals surface area contributed by atoms with Crippen molar-refractivity contribution < 1.29 is 9.21 Å². The van der Waals surface area contributed by atoms with Gasteiger partial charge in [0, 0.05) is 10.3 Å². The number of amides is 1. The standard InChI is InChI=1S/C22H23N3O3S2/c1-11-13(3)30-22-19(11)21(27)24-20(25-22)14(4)29-10-18(26)23-12(2)17-9-15-7-5-6-8-16(15)28-17/h5-9,12,14H,10H2,1-4H3,(H,23,26)(H,24,25,27)/t12-,14-/m0/s1. The maximum absolute atomic E-state index is 12.5. The second-order valence-corrected chi connectivity index (χ2v) is 9.88. The zero-order valence-electron chi connectivity index (χ0n) is 17.2. The van der Waals surface area contributed by atoms with Crippen molar-refractivity contribution in [2.24, 2.45) is 0 Å². The number of benzene rings is 1. The zero-order chi connectivity index (χ0) is 21.4. The highest BCUT2D eigenvalue weighted by Crippen LogP contribution is 2.30. The Bertz CT molecular complexity index is 1260. The van der Waals surface area contributed by atoms with Gasteiger partial charge in [0.2, 0.25) is 5.91 Å². The molecule has 156 valence electrons. The summed E-state index contributed by atoms with van der Waals surface area (Å²) in [6, 6.07) is 9.49. The quantitative estimate of drug-likeness (QED) is 0.439. The molecule has 0 unspecified atom stereocenters. The summed E-state index contributed by atoms with van der Waals surface area (Å²) in [6.07, 6.45) is 0. The van der Waals surface area contributed by atoms with E-state index < -0.39 is 0 Å². The predicted octanol–water partition coefficient (Wildman–Crippen LogP) is 5.02. The molecule has 0 spiro atoms. The van der Waals surface area contributed by atoms with Crippen LogP contribution in [0.15, 0.2) is 39.5 Å². The summed E-state index contributed by atoms with van der Waals surface area (Å²) in [5.74, 6) is 1.49. The number of fused-ring (bicyclic) bond motifs is 2. The fourth-order valence-electron chi connectivity index (χ4n) is 3.31. The van der Waals surface area contributed by atoms with Gasteiger partial charge >= 0.3 is 0 Å². The van der Waals surface area contributed by atoms with E-state index in [0.717, 1.165) is 32.0 Å². The molecule has 1 aromatic carbocycles. The number of nitrogens with zero attached hydrogens (tertiary/aromatic N) is 1. The van der Waals surface area contributed by atoms with Crippen molar-refractivity contribution in [3.63, 3.8) is 0 Å². The Morgan fingerprint density at radius 1 is 1.30 bits per heavy atom. The van der Waals surface area contributed by atoms with Crippen LogP contribution in [0, 0.1) is 13.8 Å². The van der Waals surface area contributed by atoms with Crippen LogP contribution in [0.4, 0.5) is 0 Å². The number of nitrogens with one attached hydrogen (secondary N) is 2. The van der Waals surface area contributed by atoms with Crippen LogP contribution in [-0.4, -0.2) is 21.6 Å². The molecule has 1 amide bonds. The minimum absolute atomic E-state index is 0.0916. The third-order valence-electron chi connectivity index (χ3n) is 5.16. The number of hydrogen-bond donors (Lipinski definition) is 2. The number of H-pyrrole nitrogens is 1. The van der Waals surface area contributed by atoms with Crippen molar-refractivity contribution in [2.75, 3.05) is 5.75 Å². The molecule has 3 heterocycles. The number of carbonyl (C=O) groups excluding carboxylic acids is 1. The van der Waals surface area contributed by atoms with Gasteiger partial charge in [-0.2, -0.15) is 0 Å². The van der Waals surface area contributed by atoms with Gasteiger partial charge in [-0.3, -0.25) is 9.59 Å². The number of furan rings is 1. The van der Waals surface area contributed by atoms with Gasteiger partial charge < -0.3 is 14.7 Å². The van der Waals surface area contributed by atoms with Crippen LogP contribution in [0.5, 0.6) is 0 Å². The van der Waals surface area contributed by atoms with E-state index >= 15 is 0 Å². The molecule has 3 aromatic heterocycles. The van der Waals surface area contributed by atoms with Crippen LogP contribution in [0.2, 0.25) is 0 Å². The molecule has 8 heteroatoms. The number of hydrogen-bond acceptors (Lipinski definition) is 6. The number of thioether (sulfide) groups is 1. The molecule has 30 heavy (non-hydrogen) atoms. The average molecular weight is 442 g/mol. The average Bonchev–Trinajstić information content (AvgIpc) is 3.27. The Labute approximate surface area is 182 Å². The summed E-state index contributed by atoms with van der Waals surface area (Å²) < 4.78 is 5.82. The Morgan fingerprint density at radius 2 is 2.07 bits per heavy atom. The molecule has 0 bridgehead atoms. The van der Waals surface area contributed by atoms with Gasteiger partial charge in [-0.15, -0.1) is 23.1 Å². The molecule has 0 saturated carbocycles. The van der Waals surface area contributed by atoms with Crippen LogP contribution in [0.3, 0.4) is 0 Å². The van der Waals surface area contributed by atoms with Crippen molar-refractivity contribution in [1.82, 2.24) is 15.3 Å². The van der Waals surface area contributed by atoms with E-state index in [9.17, 15) is 9.59 Å². The van der Waals surface area contributed by atoms with Gasteiger partial charge in [-0.1, -0.05) is 18.2 Å². The predicted molar refractivity (Wildman–Crippen MR) is 123 cm³/mol. The zero-order valence-corrected chi connectivity index (χ0v) is 18.9. The van der Waals surface area contributed by atoms with E-state index in [4.69, 9.17) is 4.42 Å². The summed E-state index contributed by atoms with van der Waals surface area (Å²) in [7, 11) is 0. The fraction of sp³-hybridized carbons (Fsp3) is 0.318. The van der Waals surface area contributed by atoms with Gasteiger partial charge in [-0.25, -0.2) is 4.98 Å². The van der Waals surface area contributed by atoms with Crippen molar-refractivity contribution in [2.45, 2.75) is 39.0 Å². The van der Waals surface area contributed by atoms with Crippen molar-refractivity contribution in [3.05, 3.63) is 62.7 Å². The lowest BCUT2D eigenvalue weighted by molar-refractivity contribution is -0.119. The number of thiophene rings is 1. The molecule has 2 atom stereocenters. The van der Waals surface area contributed by atoms with Gasteiger partial charge in [0.15, 0.2) is 0 Å². The van der Waals surface area contributed by atoms with Crippen molar-refractivity contribution in [1.29, 1.82) is 0 Å². The molecule has 0 aliphatic carbocycles. The molecule has 4 rings (SSSR count). The van der Waals surface area contributed by atoms with Crippen molar-refractivity contribution >= 4 is 50.2 Å². The maximum Gasteiger partial charge on any atom is 0.259 e. The van der Waals surface area contributed by atoms with E-state index in [1.54, 1.807) is 0 Å². The highest BCUT2D eigenvalue weighted by atomic mass is 32.2. The first-order chi connectivity index (χ1) is 14.3. The van der Waals surface area contributed by atoms with Crippen LogP contribution in [0.1, 0.15) is 47.2 Å². The van der Waals surface area contributed by atoms with E-state index in [1.165, 1.54) is 23.1 Å². The number of para-hydroxylation sites is 1. The normalized spacial score (nSPS) is 13.6. The Morgan fingerprint density at radius 3 is 2.83 bits per heavy atom. The number of aromatic amines is 1. The first-order valence-corrected chi connectivity index (χ1v) is 11.6. The van der Waals surface area contributed by atoms with Crippen LogP contribution in [0.25, 0.3) is 21.2 Å². The number of rotatable bonds is 6. The summed E-state index contributed by atoms with van der Waals surface area (Å²) in [5, 5.41) is 4.54. The highest BCUT2D eigenvalue weighted by molar-refractivity contribution is 8.00. The SMILES string of the molecule is Cc1sc2nc([C@H](C)SCC(=O)N[C@@H](C)c3cc4ccccc4o3)[nH]c(=O)c2c1C. The first kappa shape index (κ1) is 20.7. The monoisotopic (exact) mass is 441 g/mol. The maximum atomic E-state index is 12.5. The molecule has 0 aliphatic heterocycles. The summed E-state index contributed by atoms with van der Waals surface area (Å²) in [5.41, 5.74) is 1.67. The molecular formula is C22H23N3O3S2. The Balaban J connectivity index is 1.39. The third-order valence-corrected chi connectivity index (χ3v) is 7.41. The lowest BCUT2D eigenvalue weighted by Gasteiger charge is -2.13. The second kappa shape index (κ2) is 8.28. The van der Waals surface area contributed by atoms with E-state index in [-0.39, 0.29) is 28.5 Å². The highest BCUT2D eigenvalue weighted by Gasteiger charge is 2.18. The van der Waals surface area contributed by atoms with Gasteiger partial charge in [0.25, 0.3) is 5.56 Å². The number of aromatic nitrogens is 2. The molecule has 0 radical (unpaired) electrons. The van der Waals surface area contributed by atoms with E-state index in [1.807, 2.05) is 58.0 Å². The lowest BCUT2D eigenvalue weighted by Crippen LogP contribution is -2.28. The molecule has 0 fully saturated rings. The molecular weight excluding hydrogens is 418 g/mol. The Hall–Kier alpha value is -2.58. The minimum atomic E-state index is -0.229. The van der Waals surface area contributed by atoms with Crippen LogP contribution < -0.4 is 10.9 Å². The summed E-state index contributed by atoms with van der Waals surface area (Å²) in [6.45, 7) is 7.78. The summed E-state index contributed by atoms with van der Waals surface area (Å²) in [4.78, 5) is 34.3. The molecule has 0 saturated heterocycles. The molecule has 0 aliphatic rings. The van der Waals surface area contributed by atoms with E-state index in [2.05, 4.69) is 15.3 Å². The molecule has 6 nitrogen and oxygen atoms in total. The Kier molecular flexibility index (Phi) is 5.71. The van der Waals surface area contributed by atoms with Crippen LogP contribution >= 0.6 is 23.1 Å². The van der Waals surface area contributed by atoms with E-state index in [0.29, 0.717) is 11.2 Å². The number of carbonyl (C=O) groups is 1. The number of aryl methyl sites for hydroxylation is 2. The first-order valence-electron chi connectivity index (χ1n) is 9.73. The van der Waals surface area contributed by atoms with Gasteiger partial charge in [-0.05, 0) is 45.4 Å². The summed E-state index contributed by atoms with van der Waals surface area (Å²) >= 11 is 2.96. The third kappa shape index (κ3) is 4.02. The molecule has 4 aromatic rings. The van der Waals surface area contributed by atoms with Crippen LogP contribution in [-0.2, 0) is 4.79 Å². The van der Waals surface area contributed by atoms with Crippen molar-refractivity contribution in [3.8, 4) is 0 Å². The topological polar surface area (TPSA) is 88.0 Å². The fourth-order valence-corrected chi connectivity index (χ4v) is 5.10. The molecule has 2 N–H and O–H groups in total. The largest absolute Gasteiger partial charge is 0.459 e. The lowest BCUT2D eigenvalue weighted by atomic mass is 10.2.